The maximum atomic E-state index is 5.89. The van der Waals surface area contributed by atoms with Crippen molar-refractivity contribution in [3.05, 3.63) is 74.7 Å². The molecule has 3 aromatic rings. The molecule has 0 saturated carbocycles. The molecule has 2 aromatic carbocycles. The topological polar surface area (TPSA) is 12.9 Å². The Hall–Kier alpha value is -1.34. The third-order valence-corrected chi connectivity index (χ3v) is 4.92. The van der Waals surface area contributed by atoms with Crippen molar-refractivity contribution in [2.24, 2.45) is 0 Å². The molecule has 0 spiro atoms. The van der Waals surface area contributed by atoms with Crippen molar-refractivity contribution in [2.75, 3.05) is 0 Å². The number of hydrogen-bond donors (Lipinski definition) is 0. The van der Waals surface area contributed by atoms with Gasteiger partial charge < -0.3 is 0 Å². The van der Waals surface area contributed by atoms with Crippen molar-refractivity contribution < 1.29 is 0 Å². The van der Waals surface area contributed by atoms with E-state index in [0.717, 1.165) is 17.1 Å². The summed E-state index contributed by atoms with van der Waals surface area (Å²) in [6.07, 6.45) is 0.921. The van der Waals surface area contributed by atoms with Crippen molar-refractivity contribution in [1.82, 2.24) is 4.98 Å². The van der Waals surface area contributed by atoms with Gasteiger partial charge in [-0.3, -0.25) is 0 Å². The molecule has 0 saturated heterocycles. The number of benzene rings is 2. The van der Waals surface area contributed by atoms with E-state index in [1.54, 1.807) is 0 Å². The zero-order valence-electron chi connectivity index (χ0n) is 10.2. The van der Waals surface area contributed by atoms with Crippen LogP contribution >= 0.6 is 11.6 Å². The molecule has 0 aliphatic carbocycles. The third-order valence-electron chi connectivity index (χ3n) is 2.89. The molecule has 0 amide bonds. The van der Waals surface area contributed by atoms with Crippen LogP contribution in [0.3, 0.4) is 0 Å². The number of rotatable bonds is 3. The predicted molar refractivity (Wildman–Crippen MR) is 80.9 cm³/mol. The van der Waals surface area contributed by atoms with Gasteiger partial charge in [-0.15, -0.1) is 0 Å². The van der Waals surface area contributed by atoms with Crippen LogP contribution in [0.1, 0.15) is 10.1 Å². The van der Waals surface area contributed by atoms with Gasteiger partial charge in [0.05, 0.1) is 0 Å². The summed E-state index contributed by atoms with van der Waals surface area (Å²) in [6, 6.07) is 18.4. The summed E-state index contributed by atoms with van der Waals surface area (Å²) >= 11 is 6.26. The fraction of sp³-hybridized carbons (Fsp3) is 0.0625. The van der Waals surface area contributed by atoms with Crippen LogP contribution in [0.5, 0.6) is 0 Å². The van der Waals surface area contributed by atoms with Gasteiger partial charge in [-0.25, -0.2) is 0 Å². The SMILES string of the molecule is Clc1ccc(Cc2nc(-c3ccccc3)c[se]2)cc1. The molecule has 0 aliphatic heterocycles. The number of hydrogen-bond acceptors (Lipinski definition) is 1. The maximum absolute atomic E-state index is 5.89. The van der Waals surface area contributed by atoms with Crippen molar-refractivity contribution in [3.8, 4) is 11.3 Å². The standard InChI is InChI=1S/C16H12ClNSe/c17-14-8-6-12(7-9-14)10-16-18-15(11-19-16)13-4-2-1-3-5-13/h1-9,11H,10H2. The van der Waals surface area contributed by atoms with Gasteiger partial charge in [0.25, 0.3) is 0 Å². The van der Waals surface area contributed by atoms with Crippen molar-refractivity contribution in [2.45, 2.75) is 6.42 Å². The first kappa shape index (κ1) is 12.7. The quantitative estimate of drug-likeness (QED) is 0.659. The Morgan fingerprint density at radius 3 is 2.42 bits per heavy atom. The molecule has 3 rings (SSSR count). The molecule has 0 fully saturated rings. The molecule has 1 nitrogen and oxygen atoms in total. The zero-order chi connectivity index (χ0) is 13.1. The first-order valence-corrected chi connectivity index (χ1v) is 8.28. The summed E-state index contributed by atoms with van der Waals surface area (Å²) in [5.41, 5.74) is 3.59. The third kappa shape index (κ3) is 3.16. The molecule has 0 N–H and O–H groups in total. The van der Waals surface area contributed by atoms with Crippen LogP contribution in [0.25, 0.3) is 11.3 Å². The summed E-state index contributed by atoms with van der Waals surface area (Å²) in [5, 5.41) is 0.783. The van der Waals surface area contributed by atoms with Crippen LogP contribution in [-0.4, -0.2) is 19.5 Å². The first-order chi connectivity index (χ1) is 9.31. The molecule has 19 heavy (non-hydrogen) atoms. The predicted octanol–water partition coefficient (Wildman–Crippen LogP) is 4.05. The van der Waals surface area contributed by atoms with E-state index in [9.17, 15) is 0 Å². The van der Waals surface area contributed by atoms with Crippen molar-refractivity contribution in [3.63, 3.8) is 0 Å². The van der Waals surface area contributed by atoms with Crippen LogP contribution in [0, 0.1) is 0 Å². The van der Waals surface area contributed by atoms with E-state index in [4.69, 9.17) is 16.6 Å². The Bertz CT molecular complexity index is 659. The summed E-state index contributed by atoms with van der Waals surface area (Å²) < 4.78 is 1.27. The van der Waals surface area contributed by atoms with Crippen LogP contribution in [0.2, 0.25) is 5.02 Å². The molecule has 0 atom stereocenters. The fourth-order valence-electron chi connectivity index (χ4n) is 1.91. The minimum atomic E-state index is 0.366. The molecular weight excluding hydrogens is 321 g/mol. The second kappa shape index (κ2) is 5.75. The van der Waals surface area contributed by atoms with Gasteiger partial charge in [0, 0.05) is 0 Å². The summed E-state index contributed by atoms with van der Waals surface area (Å²) in [5.74, 6) is 0. The van der Waals surface area contributed by atoms with E-state index in [0.29, 0.717) is 14.5 Å². The molecule has 94 valence electrons. The van der Waals surface area contributed by atoms with E-state index in [2.05, 4.69) is 41.3 Å². The molecule has 1 aromatic heterocycles. The van der Waals surface area contributed by atoms with Gasteiger partial charge in [0.1, 0.15) is 0 Å². The second-order valence-corrected chi connectivity index (χ2v) is 6.71. The van der Waals surface area contributed by atoms with Gasteiger partial charge in [-0.2, -0.15) is 0 Å². The average Bonchev–Trinajstić information content (AvgIpc) is 2.91. The first-order valence-electron chi connectivity index (χ1n) is 6.05. The molecule has 0 radical (unpaired) electrons. The minimum absolute atomic E-state index is 0.366. The Morgan fingerprint density at radius 1 is 0.947 bits per heavy atom. The normalized spacial score (nSPS) is 10.6. The Labute approximate surface area is 123 Å². The Balaban J connectivity index is 1.80. The Kier molecular flexibility index (Phi) is 3.84. The van der Waals surface area contributed by atoms with E-state index in [1.807, 2.05) is 18.2 Å². The van der Waals surface area contributed by atoms with Gasteiger partial charge >= 0.3 is 123 Å². The summed E-state index contributed by atoms with van der Waals surface area (Å²) in [4.78, 5) is 7.01. The van der Waals surface area contributed by atoms with Gasteiger partial charge in [-0.05, 0) is 0 Å². The molecule has 0 unspecified atom stereocenters. The number of halogens is 1. The van der Waals surface area contributed by atoms with Crippen LogP contribution < -0.4 is 0 Å². The molecule has 3 heteroatoms. The second-order valence-electron chi connectivity index (χ2n) is 4.30. The zero-order valence-corrected chi connectivity index (χ0v) is 12.7. The van der Waals surface area contributed by atoms with E-state index in [1.165, 1.54) is 15.7 Å². The molecule has 0 aliphatic rings. The van der Waals surface area contributed by atoms with Gasteiger partial charge in [0.2, 0.25) is 0 Å². The summed E-state index contributed by atoms with van der Waals surface area (Å²) in [6.45, 7) is 0. The van der Waals surface area contributed by atoms with Crippen LogP contribution in [0.4, 0.5) is 0 Å². The molecular formula is C16H12ClNSe. The van der Waals surface area contributed by atoms with Crippen molar-refractivity contribution in [1.29, 1.82) is 0 Å². The van der Waals surface area contributed by atoms with E-state index < -0.39 is 0 Å². The molecule has 1 heterocycles. The van der Waals surface area contributed by atoms with Crippen LogP contribution in [0.15, 0.2) is 59.5 Å². The Morgan fingerprint density at radius 2 is 1.68 bits per heavy atom. The molecule has 0 bridgehead atoms. The van der Waals surface area contributed by atoms with Crippen molar-refractivity contribution >= 4 is 26.1 Å². The van der Waals surface area contributed by atoms with E-state index in [-0.39, 0.29) is 0 Å². The number of nitrogens with zero attached hydrogens (tertiary/aromatic N) is 1. The average molecular weight is 333 g/mol. The van der Waals surface area contributed by atoms with E-state index >= 15 is 0 Å². The van der Waals surface area contributed by atoms with Gasteiger partial charge in [0.15, 0.2) is 0 Å². The summed E-state index contributed by atoms with van der Waals surface area (Å²) in [7, 11) is 0. The fourth-order valence-corrected chi connectivity index (χ4v) is 3.79. The van der Waals surface area contributed by atoms with Gasteiger partial charge in [-0.1, -0.05) is 0 Å². The monoisotopic (exact) mass is 333 g/mol. The van der Waals surface area contributed by atoms with Crippen LogP contribution in [-0.2, 0) is 6.42 Å². The number of aromatic nitrogens is 1.